The Morgan fingerprint density at radius 1 is 1.19 bits per heavy atom. The van der Waals surface area contributed by atoms with Crippen molar-refractivity contribution in [3.8, 4) is 5.75 Å². The Hall–Kier alpha value is -2.57. The number of methoxy groups -OCH3 is 2. The summed E-state index contributed by atoms with van der Waals surface area (Å²) < 4.78 is 10.5. The van der Waals surface area contributed by atoms with Crippen molar-refractivity contribution in [2.45, 2.75) is 37.1 Å². The first-order valence-corrected chi connectivity index (χ1v) is 10.9. The van der Waals surface area contributed by atoms with Crippen LogP contribution in [0.1, 0.15) is 47.5 Å². The van der Waals surface area contributed by atoms with Crippen molar-refractivity contribution < 1.29 is 19.1 Å². The number of anilines is 1. The maximum atomic E-state index is 13.7. The normalized spacial score (nSPS) is 19.4. The van der Waals surface area contributed by atoms with E-state index < -0.39 is 11.5 Å². The summed E-state index contributed by atoms with van der Waals surface area (Å²) >= 11 is 6.26. The highest BCUT2D eigenvalue weighted by Crippen LogP contribution is 2.50. The number of rotatable bonds is 6. The van der Waals surface area contributed by atoms with E-state index in [4.69, 9.17) is 21.1 Å². The highest BCUT2D eigenvalue weighted by atomic mass is 35.5. The molecule has 1 heterocycles. The summed E-state index contributed by atoms with van der Waals surface area (Å²) in [6, 6.07) is 12.6. The molecule has 2 amide bonds. The van der Waals surface area contributed by atoms with E-state index in [2.05, 4.69) is 5.32 Å². The molecule has 1 N–H and O–H groups in total. The molecule has 2 aliphatic rings. The molecule has 0 bridgehead atoms. The summed E-state index contributed by atoms with van der Waals surface area (Å²) in [5.41, 5.74) is 1.43. The number of hydrogen-bond acceptors (Lipinski definition) is 4. The maximum Gasteiger partial charge on any atom is 0.254 e. The first-order chi connectivity index (χ1) is 15.0. The zero-order valence-electron chi connectivity index (χ0n) is 17.8. The van der Waals surface area contributed by atoms with Crippen LogP contribution in [-0.2, 0) is 9.53 Å². The second-order valence-corrected chi connectivity index (χ2v) is 8.53. The summed E-state index contributed by atoms with van der Waals surface area (Å²) in [5, 5.41) is 3.47. The molecule has 4 rings (SSSR count). The number of nitrogens with one attached hydrogen (secondary N) is 1. The Morgan fingerprint density at radius 3 is 2.61 bits per heavy atom. The Balaban J connectivity index is 1.75. The van der Waals surface area contributed by atoms with Crippen molar-refractivity contribution in [2.24, 2.45) is 0 Å². The summed E-state index contributed by atoms with van der Waals surface area (Å²) in [6.07, 6.45) is 3.55. The van der Waals surface area contributed by atoms with Gasteiger partial charge in [-0.05, 0) is 42.7 Å². The maximum absolute atomic E-state index is 13.7. The van der Waals surface area contributed by atoms with Crippen molar-refractivity contribution in [3.05, 3.63) is 58.6 Å². The summed E-state index contributed by atoms with van der Waals surface area (Å²) in [6.45, 7) is 0.889. The fourth-order valence-electron chi connectivity index (χ4n) is 5.13. The van der Waals surface area contributed by atoms with Crippen LogP contribution < -0.4 is 10.1 Å². The number of hydrogen-bond donors (Lipinski definition) is 1. The van der Waals surface area contributed by atoms with Gasteiger partial charge in [0.2, 0.25) is 5.91 Å². The molecular formula is C24H27ClN2O4. The molecule has 1 fully saturated rings. The molecule has 1 atom stereocenters. The van der Waals surface area contributed by atoms with Crippen LogP contribution in [0, 0.1) is 0 Å². The molecule has 0 aromatic heterocycles. The van der Waals surface area contributed by atoms with E-state index in [1.165, 1.54) is 0 Å². The highest BCUT2D eigenvalue weighted by Gasteiger charge is 2.55. The minimum atomic E-state index is -0.551. The smallest absolute Gasteiger partial charge is 0.254 e. The molecule has 0 saturated heterocycles. The predicted octanol–water partition coefficient (Wildman–Crippen LogP) is 4.49. The van der Waals surface area contributed by atoms with Crippen LogP contribution in [-0.4, -0.2) is 49.6 Å². The lowest BCUT2D eigenvalue weighted by atomic mass is 9.71. The number of nitrogens with zero attached hydrogens (tertiary/aromatic N) is 1. The van der Waals surface area contributed by atoms with E-state index in [1.807, 2.05) is 29.2 Å². The number of carbonyl (C=O) groups excluding carboxylic acids is 2. The molecule has 1 aliphatic heterocycles. The molecule has 1 saturated carbocycles. The van der Waals surface area contributed by atoms with Gasteiger partial charge in [0.1, 0.15) is 5.75 Å². The number of halogens is 1. The van der Waals surface area contributed by atoms with Crippen LogP contribution >= 0.6 is 11.6 Å². The minimum absolute atomic E-state index is 0.0221. The van der Waals surface area contributed by atoms with Gasteiger partial charge < -0.3 is 19.7 Å². The molecule has 1 unspecified atom stereocenters. The van der Waals surface area contributed by atoms with Gasteiger partial charge in [0.15, 0.2) is 0 Å². The lowest BCUT2D eigenvalue weighted by molar-refractivity contribution is -0.121. The molecule has 1 spiro atoms. The van der Waals surface area contributed by atoms with Gasteiger partial charge in [-0.2, -0.15) is 0 Å². The van der Waals surface area contributed by atoms with Gasteiger partial charge in [-0.3, -0.25) is 9.59 Å². The molecule has 0 radical (unpaired) electrons. The fraction of sp³-hybridized carbons (Fsp3) is 0.417. The Kier molecular flexibility index (Phi) is 6.21. The van der Waals surface area contributed by atoms with Gasteiger partial charge in [-0.25, -0.2) is 0 Å². The van der Waals surface area contributed by atoms with Gasteiger partial charge >= 0.3 is 0 Å². The van der Waals surface area contributed by atoms with Gasteiger partial charge in [0.05, 0.1) is 30.2 Å². The molecule has 1 aliphatic carbocycles. The highest BCUT2D eigenvalue weighted by molar-refractivity contribution is 6.32. The molecule has 164 valence electrons. The summed E-state index contributed by atoms with van der Waals surface area (Å²) in [7, 11) is 3.18. The van der Waals surface area contributed by atoms with Crippen LogP contribution in [0.4, 0.5) is 5.69 Å². The molecule has 31 heavy (non-hydrogen) atoms. The number of ether oxygens (including phenoxy) is 2. The Morgan fingerprint density at radius 2 is 1.94 bits per heavy atom. The number of fused-ring (bicyclic) bond motifs is 1. The van der Waals surface area contributed by atoms with Crippen molar-refractivity contribution >= 4 is 29.1 Å². The number of amides is 2. The first-order valence-electron chi connectivity index (χ1n) is 10.6. The van der Waals surface area contributed by atoms with Crippen LogP contribution in [0.15, 0.2) is 42.5 Å². The lowest BCUT2D eigenvalue weighted by Gasteiger charge is -2.50. The van der Waals surface area contributed by atoms with Gasteiger partial charge in [-0.15, -0.1) is 0 Å². The van der Waals surface area contributed by atoms with Crippen molar-refractivity contribution in [2.75, 3.05) is 32.7 Å². The fourth-order valence-corrected chi connectivity index (χ4v) is 5.39. The molecule has 6 nitrogen and oxygen atoms in total. The molecule has 2 aromatic rings. The van der Waals surface area contributed by atoms with E-state index in [0.29, 0.717) is 35.2 Å². The largest absolute Gasteiger partial charge is 0.495 e. The zero-order valence-corrected chi connectivity index (χ0v) is 18.6. The average molecular weight is 443 g/mol. The number of carbonyl (C=O) groups is 2. The van der Waals surface area contributed by atoms with Crippen molar-refractivity contribution in [1.82, 2.24) is 4.90 Å². The Labute approximate surface area is 187 Å². The van der Waals surface area contributed by atoms with Crippen LogP contribution in [0.25, 0.3) is 0 Å². The van der Waals surface area contributed by atoms with Gasteiger partial charge in [0.25, 0.3) is 5.91 Å². The molecule has 2 aromatic carbocycles. The quantitative estimate of drug-likeness (QED) is 0.715. The lowest BCUT2D eigenvalue weighted by Crippen LogP contribution is -2.60. The van der Waals surface area contributed by atoms with Crippen molar-refractivity contribution in [1.29, 1.82) is 0 Å². The average Bonchev–Trinajstić information content (AvgIpc) is 3.23. The van der Waals surface area contributed by atoms with Gasteiger partial charge in [0, 0.05) is 24.9 Å². The SMILES string of the molecule is COCCN1C(=O)c2ccccc2C(C(=O)Nc2ccc(OC)c(Cl)c2)C12CCCC2. The van der Waals surface area contributed by atoms with E-state index in [-0.39, 0.29) is 11.8 Å². The first kappa shape index (κ1) is 21.7. The van der Waals surface area contributed by atoms with E-state index in [1.54, 1.807) is 32.4 Å². The van der Waals surface area contributed by atoms with Gasteiger partial charge in [-0.1, -0.05) is 42.6 Å². The van der Waals surface area contributed by atoms with Crippen LogP contribution in [0.2, 0.25) is 5.02 Å². The van der Waals surface area contributed by atoms with Crippen LogP contribution in [0.5, 0.6) is 5.75 Å². The monoisotopic (exact) mass is 442 g/mol. The van der Waals surface area contributed by atoms with E-state index in [0.717, 1.165) is 31.2 Å². The van der Waals surface area contributed by atoms with Crippen molar-refractivity contribution in [3.63, 3.8) is 0 Å². The Bertz CT molecular complexity index is 987. The third-order valence-corrected chi connectivity index (χ3v) is 6.79. The molecule has 7 heteroatoms. The molecular weight excluding hydrogens is 416 g/mol. The second-order valence-electron chi connectivity index (χ2n) is 8.12. The van der Waals surface area contributed by atoms with E-state index in [9.17, 15) is 9.59 Å². The number of benzene rings is 2. The topological polar surface area (TPSA) is 67.9 Å². The second kappa shape index (κ2) is 8.89. The van der Waals surface area contributed by atoms with E-state index >= 15 is 0 Å². The summed E-state index contributed by atoms with van der Waals surface area (Å²) in [4.78, 5) is 29.0. The third kappa shape index (κ3) is 3.79. The van der Waals surface area contributed by atoms with Crippen LogP contribution in [0.3, 0.4) is 0 Å². The minimum Gasteiger partial charge on any atom is -0.495 e. The predicted molar refractivity (Wildman–Crippen MR) is 120 cm³/mol. The zero-order chi connectivity index (χ0) is 22.0. The standard InChI is InChI=1S/C24H27ClN2O4/c1-30-14-13-27-23(29)18-8-4-3-7-17(18)21(24(27)11-5-6-12-24)22(28)26-16-9-10-20(31-2)19(25)15-16/h3-4,7-10,15,21H,5-6,11-14H2,1-2H3,(H,26,28). The third-order valence-electron chi connectivity index (χ3n) is 6.49. The summed E-state index contributed by atoms with van der Waals surface area (Å²) in [5.74, 6) is -0.0792.